The zero-order valence-electron chi connectivity index (χ0n) is 13.0. The molecule has 0 amide bonds. The van der Waals surface area contributed by atoms with Crippen molar-refractivity contribution in [1.29, 1.82) is 0 Å². The van der Waals surface area contributed by atoms with E-state index in [9.17, 15) is 0 Å². The minimum absolute atomic E-state index is 0.231. The van der Waals surface area contributed by atoms with Gasteiger partial charge in [0.25, 0.3) is 0 Å². The zero-order chi connectivity index (χ0) is 14.4. The Morgan fingerprint density at radius 1 is 1.50 bits per heavy atom. The molecule has 3 nitrogen and oxygen atoms in total. The van der Waals surface area contributed by atoms with Gasteiger partial charge < -0.3 is 5.73 Å². The lowest BCUT2D eigenvalue weighted by molar-refractivity contribution is 0.0442. The smallest absolute Gasteiger partial charge is 0.0334 e. The van der Waals surface area contributed by atoms with Crippen LogP contribution in [0.2, 0.25) is 0 Å². The first-order valence-electron chi connectivity index (χ1n) is 8.04. The first-order chi connectivity index (χ1) is 9.70. The van der Waals surface area contributed by atoms with E-state index >= 15 is 0 Å². The van der Waals surface area contributed by atoms with Crippen LogP contribution in [0.1, 0.15) is 45.1 Å². The van der Waals surface area contributed by atoms with Crippen molar-refractivity contribution in [3.63, 3.8) is 0 Å². The lowest BCUT2D eigenvalue weighted by atomic mass is 9.75. The Labute approximate surface area is 123 Å². The predicted molar refractivity (Wildman–Crippen MR) is 84.6 cm³/mol. The average Bonchev–Trinajstić information content (AvgIpc) is 2.49. The van der Waals surface area contributed by atoms with Crippen LogP contribution in [0.25, 0.3) is 0 Å². The van der Waals surface area contributed by atoms with E-state index in [1.807, 2.05) is 18.5 Å². The molecule has 1 aromatic rings. The van der Waals surface area contributed by atoms with Crippen LogP contribution in [0.5, 0.6) is 0 Å². The second kappa shape index (κ2) is 7.19. The molecule has 0 aliphatic heterocycles. The third kappa shape index (κ3) is 3.58. The van der Waals surface area contributed by atoms with E-state index in [1.165, 1.54) is 31.2 Å². The van der Waals surface area contributed by atoms with Crippen LogP contribution >= 0.6 is 0 Å². The molecule has 112 valence electrons. The fourth-order valence-electron chi connectivity index (χ4n) is 3.77. The second-order valence-electron chi connectivity index (χ2n) is 6.32. The molecule has 1 aromatic heterocycles. The van der Waals surface area contributed by atoms with Crippen LogP contribution in [-0.2, 0) is 6.42 Å². The Hall–Kier alpha value is -0.930. The molecule has 2 rings (SSSR count). The highest BCUT2D eigenvalue weighted by atomic mass is 15.2. The highest BCUT2D eigenvalue weighted by molar-refractivity contribution is 5.09. The summed E-state index contributed by atoms with van der Waals surface area (Å²) < 4.78 is 0. The second-order valence-corrected chi connectivity index (χ2v) is 6.32. The Kier molecular flexibility index (Phi) is 5.55. The maximum Gasteiger partial charge on any atom is 0.0334 e. The Balaban J connectivity index is 2.02. The number of nitrogens with two attached hydrogens (primary N) is 1. The molecule has 1 saturated carbocycles. The number of pyridine rings is 1. The molecule has 1 heterocycles. The topological polar surface area (TPSA) is 42.2 Å². The van der Waals surface area contributed by atoms with Crippen molar-refractivity contribution in [3.8, 4) is 0 Å². The number of rotatable bonds is 6. The number of hydrogen-bond donors (Lipinski definition) is 1. The van der Waals surface area contributed by atoms with Gasteiger partial charge in [0.2, 0.25) is 0 Å². The summed E-state index contributed by atoms with van der Waals surface area (Å²) in [5, 5.41) is 0. The summed E-state index contributed by atoms with van der Waals surface area (Å²) in [6.45, 7) is 7.60. The van der Waals surface area contributed by atoms with Crippen LogP contribution in [0, 0.1) is 5.92 Å². The molecule has 0 saturated heterocycles. The quantitative estimate of drug-likeness (QED) is 0.868. The normalized spacial score (nSPS) is 26.9. The minimum atomic E-state index is 0.231. The summed E-state index contributed by atoms with van der Waals surface area (Å²) in [5.41, 5.74) is 7.74. The first-order valence-corrected chi connectivity index (χ1v) is 8.04. The molecule has 0 bridgehead atoms. The molecule has 20 heavy (non-hydrogen) atoms. The van der Waals surface area contributed by atoms with E-state index in [0.29, 0.717) is 0 Å². The minimum Gasteiger partial charge on any atom is -0.329 e. The molecular weight excluding hydrogens is 246 g/mol. The fraction of sp³-hybridized carbons (Fsp3) is 0.706. The molecule has 0 aromatic carbocycles. The maximum atomic E-state index is 6.19. The lowest BCUT2D eigenvalue weighted by Crippen LogP contribution is -2.56. The van der Waals surface area contributed by atoms with Gasteiger partial charge in [-0.2, -0.15) is 0 Å². The van der Waals surface area contributed by atoms with Crippen molar-refractivity contribution in [2.45, 2.75) is 51.5 Å². The number of aromatic nitrogens is 1. The Morgan fingerprint density at radius 2 is 2.35 bits per heavy atom. The monoisotopic (exact) mass is 275 g/mol. The molecule has 3 heteroatoms. The van der Waals surface area contributed by atoms with Gasteiger partial charge in [0.05, 0.1) is 0 Å². The highest BCUT2D eigenvalue weighted by Gasteiger charge is 2.38. The Bertz CT molecular complexity index is 392. The van der Waals surface area contributed by atoms with Crippen LogP contribution < -0.4 is 5.73 Å². The van der Waals surface area contributed by atoms with Gasteiger partial charge in [-0.15, -0.1) is 0 Å². The van der Waals surface area contributed by atoms with Crippen molar-refractivity contribution in [2.24, 2.45) is 11.7 Å². The third-order valence-electron chi connectivity index (χ3n) is 4.89. The molecule has 0 radical (unpaired) electrons. The third-order valence-corrected chi connectivity index (χ3v) is 4.89. The predicted octanol–water partition coefficient (Wildman–Crippen LogP) is 2.85. The van der Waals surface area contributed by atoms with Gasteiger partial charge in [0, 0.05) is 31.0 Å². The Morgan fingerprint density at radius 3 is 2.95 bits per heavy atom. The molecule has 2 N–H and O–H groups in total. The van der Waals surface area contributed by atoms with Gasteiger partial charge in [-0.25, -0.2) is 0 Å². The largest absolute Gasteiger partial charge is 0.329 e. The molecule has 2 unspecified atom stereocenters. The molecule has 1 aliphatic carbocycles. The maximum absolute atomic E-state index is 6.19. The van der Waals surface area contributed by atoms with Crippen molar-refractivity contribution < 1.29 is 0 Å². The summed E-state index contributed by atoms with van der Waals surface area (Å²) in [6.07, 6.45) is 10.1. The molecule has 0 spiro atoms. The van der Waals surface area contributed by atoms with Crippen molar-refractivity contribution in [1.82, 2.24) is 9.88 Å². The van der Waals surface area contributed by atoms with Gasteiger partial charge in [-0.3, -0.25) is 9.88 Å². The fourth-order valence-corrected chi connectivity index (χ4v) is 3.77. The average molecular weight is 275 g/mol. The van der Waals surface area contributed by atoms with E-state index < -0.39 is 0 Å². The first kappa shape index (κ1) is 15.5. The number of nitrogens with zero attached hydrogens (tertiary/aromatic N) is 2. The SMILES string of the molecule is CCN(CCc1cccnc1)C1(CN)CCCC(C)C1. The summed E-state index contributed by atoms with van der Waals surface area (Å²) in [4.78, 5) is 6.83. The van der Waals surface area contributed by atoms with Crippen molar-refractivity contribution >= 4 is 0 Å². The number of likely N-dealkylation sites (N-methyl/N-ethyl adjacent to an activating group) is 1. The van der Waals surface area contributed by atoms with Crippen LogP contribution in [-0.4, -0.2) is 35.1 Å². The van der Waals surface area contributed by atoms with E-state index in [0.717, 1.165) is 32.0 Å². The van der Waals surface area contributed by atoms with Gasteiger partial charge in [-0.1, -0.05) is 32.8 Å². The van der Waals surface area contributed by atoms with E-state index in [-0.39, 0.29) is 5.54 Å². The lowest BCUT2D eigenvalue weighted by Gasteiger charge is -2.47. The van der Waals surface area contributed by atoms with Gasteiger partial charge in [-0.05, 0) is 43.4 Å². The standard InChI is InChI=1S/C17H29N3/c1-3-20(11-8-16-7-5-10-19-13-16)17(14-18)9-4-6-15(2)12-17/h5,7,10,13,15H,3-4,6,8-9,11-12,14,18H2,1-2H3. The summed E-state index contributed by atoms with van der Waals surface area (Å²) in [5.74, 6) is 0.805. The van der Waals surface area contributed by atoms with E-state index in [4.69, 9.17) is 5.73 Å². The zero-order valence-corrected chi connectivity index (χ0v) is 13.0. The summed E-state index contributed by atoms with van der Waals surface area (Å²) >= 11 is 0. The van der Waals surface area contributed by atoms with Crippen molar-refractivity contribution in [2.75, 3.05) is 19.6 Å². The summed E-state index contributed by atoms with van der Waals surface area (Å²) in [6, 6.07) is 4.19. The van der Waals surface area contributed by atoms with Gasteiger partial charge in [0.15, 0.2) is 0 Å². The van der Waals surface area contributed by atoms with Crippen LogP contribution in [0.3, 0.4) is 0 Å². The van der Waals surface area contributed by atoms with Gasteiger partial charge in [0.1, 0.15) is 0 Å². The van der Waals surface area contributed by atoms with Gasteiger partial charge >= 0.3 is 0 Å². The molecule has 1 fully saturated rings. The molecular formula is C17H29N3. The van der Waals surface area contributed by atoms with E-state index in [2.05, 4.69) is 29.8 Å². The van der Waals surface area contributed by atoms with E-state index in [1.54, 1.807) is 0 Å². The summed E-state index contributed by atoms with van der Waals surface area (Å²) in [7, 11) is 0. The van der Waals surface area contributed by atoms with Crippen LogP contribution in [0.4, 0.5) is 0 Å². The molecule has 2 atom stereocenters. The number of hydrogen-bond acceptors (Lipinski definition) is 3. The highest BCUT2D eigenvalue weighted by Crippen LogP contribution is 2.36. The molecule has 1 aliphatic rings. The van der Waals surface area contributed by atoms with Crippen molar-refractivity contribution in [3.05, 3.63) is 30.1 Å². The van der Waals surface area contributed by atoms with Crippen LogP contribution in [0.15, 0.2) is 24.5 Å².